The number of benzene rings is 3. The average molecular weight is 851 g/mol. The number of thioether (sulfide) groups is 1. The molecule has 1 aliphatic rings. The Hall–Kier alpha value is -4.12. The minimum atomic E-state index is -5.16. The molecule has 0 bridgehead atoms. The van der Waals surface area contributed by atoms with Gasteiger partial charge in [-0.2, -0.15) is 10.4 Å². The normalized spacial score (nSPS) is 18.1. The predicted molar refractivity (Wildman–Crippen MR) is 196 cm³/mol. The van der Waals surface area contributed by atoms with E-state index in [0.717, 1.165) is 25.1 Å². The van der Waals surface area contributed by atoms with Crippen LogP contribution in [0.2, 0.25) is 0 Å². The fourth-order valence-electron chi connectivity index (χ4n) is 5.71. The first kappa shape index (κ1) is 46.6. The molecule has 0 saturated carbocycles. The molecule has 3 atom stereocenters. The second-order valence-electron chi connectivity index (χ2n) is 12.5. The van der Waals surface area contributed by atoms with Crippen molar-refractivity contribution in [3.63, 3.8) is 0 Å². The van der Waals surface area contributed by atoms with Crippen LogP contribution in [-0.2, 0) is 58.2 Å². The van der Waals surface area contributed by atoms with Crippen molar-refractivity contribution in [1.82, 2.24) is 14.8 Å². The van der Waals surface area contributed by atoms with Gasteiger partial charge in [-0.25, -0.2) is 27.6 Å². The molecule has 1 aliphatic heterocycles. The van der Waals surface area contributed by atoms with E-state index in [2.05, 4.69) is 14.6 Å². The van der Waals surface area contributed by atoms with E-state index in [9.17, 15) is 27.8 Å². The van der Waals surface area contributed by atoms with Gasteiger partial charge in [-0.1, -0.05) is 36.4 Å². The molecule has 1 saturated heterocycles. The summed E-state index contributed by atoms with van der Waals surface area (Å²) in [5, 5.41) is 11.8. The van der Waals surface area contributed by atoms with E-state index in [4.69, 9.17) is 29.1 Å². The van der Waals surface area contributed by atoms with Gasteiger partial charge in [0.2, 0.25) is 0 Å². The molecule has 0 spiro atoms. The van der Waals surface area contributed by atoms with Gasteiger partial charge >= 0.3 is 41.5 Å². The van der Waals surface area contributed by atoms with Crippen molar-refractivity contribution in [2.45, 2.75) is 56.0 Å². The van der Waals surface area contributed by atoms with Crippen LogP contribution in [0.5, 0.6) is 0 Å². The van der Waals surface area contributed by atoms with Gasteiger partial charge in [-0.15, -0.1) is 11.8 Å². The number of halogens is 3. The number of esters is 2. The Bertz CT molecular complexity index is 2210. The molecule has 3 aromatic carbocycles. The van der Waals surface area contributed by atoms with Crippen LogP contribution >= 0.6 is 19.6 Å². The number of ether oxygens (including phenoxy) is 4. The minimum absolute atomic E-state index is 0. The maximum absolute atomic E-state index is 16.0. The van der Waals surface area contributed by atoms with E-state index < -0.39 is 72.8 Å². The van der Waals surface area contributed by atoms with Crippen molar-refractivity contribution in [2.75, 3.05) is 13.2 Å². The first-order valence-electron chi connectivity index (χ1n) is 17.0. The fourth-order valence-corrected chi connectivity index (χ4v) is 7.38. The number of allylic oxidation sites excluding steroid dienone is 2. The third kappa shape index (κ3) is 12.9. The topological polar surface area (TPSA) is 195 Å². The maximum Gasteiger partial charge on any atom is 1.00 e. The first-order chi connectivity index (χ1) is 27.2. The summed E-state index contributed by atoms with van der Waals surface area (Å²) < 4.78 is 84.8. The molecular weight excluding hydrogens is 815 g/mol. The zero-order valence-corrected chi connectivity index (χ0v) is 35.0. The number of hydrogen-bond acceptors (Lipinski definition) is 13. The van der Waals surface area contributed by atoms with Crippen LogP contribution < -0.4 is 34.5 Å². The van der Waals surface area contributed by atoms with E-state index in [1.54, 1.807) is 25.2 Å². The number of hydrogen-bond donors (Lipinski definition) is 1. The van der Waals surface area contributed by atoms with Crippen LogP contribution in [0.1, 0.15) is 52.0 Å². The van der Waals surface area contributed by atoms with E-state index in [-0.39, 0.29) is 82.7 Å². The second-order valence-corrected chi connectivity index (χ2v) is 15.4. The Morgan fingerprint density at radius 3 is 2.52 bits per heavy atom. The van der Waals surface area contributed by atoms with E-state index in [1.807, 2.05) is 6.07 Å². The molecule has 58 heavy (non-hydrogen) atoms. The third-order valence-electron chi connectivity index (χ3n) is 8.48. The first-order valence-corrected chi connectivity index (χ1v) is 19.5. The SMILES string of the molecule is CC(=O)OCc1ccc(COP(=O)([O-])O)cc1C(=O)O[C@@](Cn1cncn1)(c1ccc(F)cc1F)[C@@H](C)SC1COC(/C=C/C=C/c2ccc(C#N)cc2F)OC1.[Na+]. The molecule has 1 aromatic heterocycles. The van der Waals surface area contributed by atoms with Crippen molar-refractivity contribution >= 4 is 37.6 Å². The molecule has 2 heterocycles. The van der Waals surface area contributed by atoms with Gasteiger partial charge < -0.3 is 33.3 Å². The number of rotatable bonds is 16. The van der Waals surface area contributed by atoms with Crippen LogP contribution in [0, 0.1) is 28.8 Å². The summed E-state index contributed by atoms with van der Waals surface area (Å²) in [6, 6.07) is 12.7. The summed E-state index contributed by atoms with van der Waals surface area (Å²) in [6.45, 7) is 1.67. The Kier molecular flexibility index (Phi) is 17.0. The van der Waals surface area contributed by atoms with Crippen molar-refractivity contribution in [1.29, 1.82) is 5.26 Å². The van der Waals surface area contributed by atoms with Crippen LogP contribution in [0.25, 0.3) is 6.08 Å². The van der Waals surface area contributed by atoms with Crippen molar-refractivity contribution in [2.24, 2.45) is 0 Å². The molecule has 14 nitrogen and oxygen atoms in total. The largest absolute Gasteiger partial charge is 1.00 e. The van der Waals surface area contributed by atoms with E-state index in [0.29, 0.717) is 6.07 Å². The maximum atomic E-state index is 16.0. The predicted octanol–water partition coefficient (Wildman–Crippen LogP) is 2.50. The zero-order chi connectivity index (χ0) is 41.2. The van der Waals surface area contributed by atoms with Crippen molar-refractivity contribution in [3.05, 3.63) is 136 Å². The Morgan fingerprint density at radius 2 is 1.88 bits per heavy atom. The molecule has 300 valence electrons. The number of nitrogens with zero attached hydrogens (tertiary/aromatic N) is 4. The van der Waals surface area contributed by atoms with E-state index in [1.165, 1.54) is 65.5 Å². The molecule has 0 aliphatic carbocycles. The Balaban J connectivity index is 0.00000744. The summed E-state index contributed by atoms with van der Waals surface area (Å²) in [5.41, 5.74) is -1.68. The van der Waals surface area contributed by atoms with Gasteiger partial charge in [0.05, 0.1) is 48.8 Å². The molecular formula is C38H35F3N4NaO10PS. The molecule has 1 fully saturated rings. The zero-order valence-electron chi connectivity index (χ0n) is 31.3. The van der Waals surface area contributed by atoms with E-state index >= 15 is 4.39 Å². The molecule has 1 unspecified atom stereocenters. The van der Waals surface area contributed by atoms with Gasteiger partial charge in [-0.3, -0.25) is 9.36 Å². The van der Waals surface area contributed by atoms with Gasteiger partial charge in [0.15, 0.2) is 11.9 Å². The van der Waals surface area contributed by atoms with Gasteiger partial charge in [-0.05, 0) is 48.9 Å². The fraction of sp³-hybridized carbons (Fsp3) is 0.289. The second kappa shape index (κ2) is 21.2. The molecule has 4 aromatic rings. The van der Waals surface area contributed by atoms with Crippen LogP contribution in [0.15, 0.2) is 85.5 Å². The quantitative estimate of drug-likeness (QED) is 0.0748. The van der Waals surface area contributed by atoms with Crippen LogP contribution in [-0.4, -0.2) is 61.6 Å². The minimum Gasteiger partial charge on any atom is -0.756 e. The Labute approximate surface area is 357 Å². The average Bonchev–Trinajstić information content (AvgIpc) is 3.68. The Morgan fingerprint density at radius 1 is 1.12 bits per heavy atom. The number of nitriles is 1. The van der Waals surface area contributed by atoms with Crippen LogP contribution in [0.3, 0.4) is 0 Å². The molecule has 0 amide bonds. The molecule has 0 radical (unpaired) electrons. The molecule has 20 heteroatoms. The third-order valence-corrected chi connectivity index (χ3v) is 10.4. The standard InChI is InChI=1S/C38H36F3N4O10PS.Na/c1-24(57-31-19-52-36(53-20-31)6-4-3-5-28-9-7-26(16-42)14-34(28)40)38(21-45-23-43-22-44-45,33-12-11-30(39)15-35(33)41)55-37(47)32-13-27(17-54-56(48,49)50)8-10-29(32)18-51-25(2)46;/h3-15,22-24,31,36H,17-21H2,1-2H3,(H2,48,49,50);/q;+1/p-1/b5-3+,6-4+;/t24-,31?,36?,38-;/m1./s1. The number of carbonyl (C=O) groups is 2. The molecule has 5 rings (SSSR count). The summed E-state index contributed by atoms with van der Waals surface area (Å²) in [4.78, 5) is 50.4. The monoisotopic (exact) mass is 850 g/mol. The summed E-state index contributed by atoms with van der Waals surface area (Å²) in [5.74, 6) is -4.22. The van der Waals surface area contributed by atoms with Gasteiger partial charge in [0, 0.05) is 34.9 Å². The smallest absolute Gasteiger partial charge is 0.756 e. The number of phosphoric acid groups is 1. The van der Waals surface area contributed by atoms with Crippen LogP contribution in [0.4, 0.5) is 13.2 Å². The van der Waals surface area contributed by atoms with Crippen molar-refractivity contribution in [3.8, 4) is 6.07 Å². The summed E-state index contributed by atoms with van der Waals surface area (Å²) >= 11 is 1.22. The van der Waals surface area contributed by atoms with Gasteiger partial charge in [0.1, 0.15) is 36.7 Å². The number of carbonyl (C=O) groups excluding carboxylic acids is 2. The number of phosphoric ester groups is 1. The summed E-state index contributed by atoms with van der Waals surface area (Å²) in [6.07, 6.45) is 8.08. The summed E-state index contributed by atoms with van der Waals surface area (Å²) in [7, 11) is -5.16. The number of aromatic nitrogens is 3. The van der Waals surface area contributed by atoms with Crippen molar-refractivity contribution < 1.29 is 90.1 Å². The molecule has 1 N–H and O–H groups in total. The van der Waals surface area contributed by atoms with Gasteiger partial charge in [0.25, 0.3) is 7.82 Å².